The van der Waals surface area contributed by atoms with Gasteiger partial charge < -0.3 is 0 Å². The van der Waals surface area contributed by atoms with Crippen molar-refractivity contribution >= 4 is 6.03 Å². The summed E-state index contributed by atoms with van der Waals surface area (Å²) < 4.78 is 2.35. The second kappa shape index (κ2) is 3.76. The largest absolute Gasteiger partial charge is 0.372 e. The molecule has 0 fully saturated rings. The van der Waals surface area contributed by atoms with Crippen LogP contribution in [0.1, 0.15) is 32.2 Å². The van der Waals surface area contributed by atoms with Crippen molar-refractivity contribution in [1.29, 1.82) is 0 Å². The summed E-state index contributed by atoms with van der Waals surface area (Å²) >= 11 is 0. The predicted molar refractivity (Wildman–Crippen MR) is 59.7 cm³/mol. The topological polar surface area (TPSA) is 78.5 Å². The molecule has 0 aliphatic rings. The number of carbonyl (C=O) groups excluding carboxylic acids is 1. The predicted octanol–water partition coefficient (Wildman–Crippen LogP) is 0.992. The van der Waals surface area contributed by atoms with Gasteiger partial charge >= 0.3 is 6.03 Å². The van der Waals surface area contributed by atoms with E-state index in [4.69, 9.17) is 0 Å². The Bertz CT molecular complexity index is 534. The van der Waals surface area contributed by atoms with Gasteiger partial charge in [0.05, 0.1) is 23.8 Å². The monoisotopic (exact) mass is 234 g/mol. The maximum absolute atomic E-state index is 12.0. The molecule has 90 valence electrons. The molecule has 0 unspecified atom stereocenters. The molecule has 0 saturated heterocycles. The molecule has 7 heteroatoms. The van der Waals surface area contributed by atoms with Crippen molar-refractivity contribution in [3.05, 3.63) is 23.8 Å². The van der Waals surface area contributed by atoms with Gasteiger partial charge in [0.15, 0.2) is 0 Å². The van der Waals surface area contributed by atoms with Crippen LogP contribution in [0, 0.1) is 6.92 Å². The first kappa shape index (κ1) is 11.4. The minimum absolute atomic E-state index is 0.148. The molecule has 0 aromatic carbocycles. The zero-order chi connectivity index (χ0) is 12.6. The van der Waals surface area contributed by atoms with E-state index in [0.717, 1.165) is 16.1 Å². The third-order valence-electron chi connectivity index (χ3n) is 2.40. The fourth-order valence-corrected chi connectivity index (χ4v) is 1.61. The molecule has 0 spiro atoms. The van der Waals surface area contributed by atoms with Crippen LogP contribution in [0.3, 0.4) is 0 Å². The average molecular weight is 234 g/mol. The molecular weight excluding hydrogens is 220 g/mol. The lowest BCUT2D eigenvalue weighted by atomic mass is 9.91. The molecule has 0 amide bonds. The Morgan fingerprint density at radius 1 is 1.29 bits per heavy atom. The lowest BCUT2D eigenvalue weighted by Crippen LogP contribution is -2.23. The van der Waals surface area contributed by atoms with Gasteiger partial charge in [0.2, 0.25) is 0 Å². The van der Waals surface area contributed by atoms with Gasteiger partial charge in [-0.15, -0.1) is 10.2 Å². The summed E-state index contributed by atoms with van der Waals surface area (Å²) in [5.41, 5.74) is 1.37. The fourth-order valence-electron chi connectivity index (χ4n) is 1.61. The number of hydrogen-bond acceptors (Lipinski definition) is 5. The standard InChI is InChI=1S/C10H14N6O/c1-7-8(10(2,3)4)12-14-16(7)9(17)15-6-5-11-13-15/h5-6H,1-4H3. The number of rotatable bonds is 0. The van der Waals surface area contributed by atoms with Crippen LogP contribution in [-0.2, 0) is 5.41 Å². The third kappa shape index (κ3) is 1.95. The van der Waals surface area contributed by atoms with Gasteiger partial charge in [-0.05, 0) is 6.92 Å². The number of aromatic nitrogens is 6. The maximum Gasteiger partial charge on any atom is 0.372 e. The molecule has 2 aromatic heterocycles. The van der Waals surface area contributed by atoms with Crippen LogP contribution in [0.4, 0.5) is 4.79 Å². The minimum Gasteiger partial charge on any atom is -0.243 e. The van der Waals surface area contributed by atoms with Crippen molar-refractivity contribution in [3.63, 3.8) is 0 Å². The molecule has 0 atom stereocenters. The summed E-state index contributed by atoms with van der Waals surface area (Å²) in [7, 11) is 0. The first-order valence-electron chi connectivity index (χ1n) is 5.25. The van der Waals surface area contributed by atoms with Crippen molar-refractivity contribution in [2.45, 2.75) is 33.1 Å². The molecule has 0 aliphatic carbocycles. The zero-order valence-corrected chi connectivity index (χ0v) is 10.2. The van der Waals surface area contributed by atoms with Gasteiger partial charge in [0.1, 0.15) is 0 Å². The van der Waals surface area contributed by atoms with Crippen molar-refractivity contribution in [2.75, 3.05) is 0 Å². The highest BCUT2D eigenvalue weighted by Crippen LogP contribution is 2.22. The van der Waals surface area contributed by atoms with Crippen LogP contribution in [0.2, 0.25) is 0 Å². The fraction of sp³-hybridized carbons (Fsp3) is 0.500. The lowest BCUT2D eigenvalue weighted by molar-refractivity contribution is 0.236. The maximum atomic E-state index is 12.0. The molecule has 2 rings (SSSR count). The van der Waals surface area contributed by atoms with E-state index in [1.807, 2.05) is 27.7 Å². The van der Waals surface area contributed by atoms with E-state index in [1.165, 1.54) is 17.1 Å². The third-order valence-corrected chi connectivity index (χ3v) is 2.40. The van der Waals surface area contributed by atoms with Crippen molar-refractivity contribution in [1.82, 2.24) is 30.0 Å². The normalized spacial score (nSPS) is 11.8. The van der Waals surface area contributed by atoms with Gasteiger partial charge in [0.25, 0.3) is 0 Å². The van der Waals surface area contributed by atoms with Gasteiger partial charge in [-0.1, -0.05) is 31.2 Å². The second-order valence-electron chi connectivity index (χ2n) is 4.82. The second-order valence-corrected chi connectivity index (χ2v) is 4.82. The summed E-state index contributed by atoms with van der Waals surface area (Å²) in [6, 6.07) is -0.386. The Morgan fingerprint density at radius 2 is 2.00 bits per heavy atom. The highest BCUT2D eigenvalue weighted by Gasteiger charge is 2.24. The Labute approximate surface area is 98.4 Å². The molecule has 0 N–H and O–H groups in total. The van der Waals surface area contributed by atoms with Crippen LogP contribution in [0.5, 0.6) is 0 Å². The van der Waals surface area contributed by atoms with Crippen molar-refractivity contribution < 1.29 is 4.79 Å². The summed E-state index contributed by atoms with van der Waals surface area (Å²) in [6.45, 7) is 7.88. The van der Waals surface area contributed by atoms with Gasteiger partial charge in [-0.3, -0.25) is 0 Å². The van der Waals surface area contributed by atoms with E-state index in [0.29, 0.717) is 0 Å². The number of nitrogens with zero attached hydrogens (tertiary/aromatic N) is 6. The van der Waals surface area contributed by atoms with E-state index in [-0.39, 0.29) is 11.4 Å². The molecule has 0 radical (unpaired) electrons. The van der Waals surface area contributed by atoms with Gasteiger partial charge in [-0.25, -0.2) is 4.79 Å². The molecule has 0 aliphatic heterocycles. The van der Waals surface area contributed by atoms with Crippen LogP contribution in [-0.4, -0.2) is 36.0 Å². The Kier molecular flexibility index (Phi) is 2.53. The molecule has 2 aromatic rings. The van der Waals surface area contributed by atoms with Crippen LogP contribution < -0.4 is 0 Å². The number of hydrogen-bond donors (Lipinski definition) is 0. The van der Waals surface area contributed by atoms with E-state index in [2.05, 4.69) is 20.6 Å². The van der Waals surface area contributed by atoms with E-state index in [9.17, 15) is 4.79 Å². The van der Waals surface area contributed by atoms with Gasteiger partial charge in [0, 0.05) is 5.41 Å². The summed E-state index contributed by atoms with van der Waals surface area (Å²) in [6.07, 6.45) is 2.91. The van der Waals surface area contributed by atoms with Crippen LogP contribution in [0.15, 0.2) is 12.4 Å². The lowest BCUT2D eigenvalue weighted by Gasteiger charge is -2.15. The molecule has 2 heterocycles. The minimum atomic E-state index is -0.386. The first-order chi connectivity index (χ1) is 7.91. The molecule has 17 heavy (non-hydrogen) atoms. The van der Waals surface area contributed by atoms with Crippen molar-refractivity contribution in [3.8, 4) is 0 Å². The van der Waals surface area contributed by atoms with Crippen molar-refractivity contribution in [2.24, 2.45) is 0 Å². The van der Waals surface area contributed by atoms with Gasteiger partial charge in [-0.2, -0.15) is 9.36 Å². The first-order valence-corrected chi connectivity index (χ1v) is 5.25. The SMILES string of the molecule is Cc1c(C(C)(C)C)nnn1C(=O)n1ccnn1. The zero-order valence-electron chi connectivity index (χ0n) is 10.2. The van der Waals surface area contributed by atoms with E-state index in [1.54, 1.807) is 0 Å². The van der Waals surface area contributed by atoms with E-state index < -0.39 is 0 Å². The molecule has 0 bridgehead atoms. The highest BCUT2D eigenvalue weighted by molar-refractivity contribution is 5.77. The van der Waals surface area contributed by atoms with Crippen LogP contribution >= 0.6 is 0 Å². The Morgan fingerprint density at radius 3 is 2.47 bits per heavy atom. The summed E-state index contributed by atoms with van der Waals surface area (Å²) in [5.74, 6) is 0. The highest BCUT2D eigenvalue weighted by atomic mass is 16.2. The quantitative estimate of drug-likeness (QED) is 0.679. The van der Waals surface area contributed by atoms with Crippen LogP contribution in [0.25, 0.3) is 0 Å². The Balaban J connectivity index is 2.42. The average Bonchev–Trinajstić information content (AvgIpc) is 2.83. The number of carbonyl (C=O) groups is 1. The Hall–Kier alpha value is -2.05. The summed E-state index contributed by atoms with van der Waals surface area (Å²) in [4.78, 5) is 12.0. The molecular formula is C10H14N6O. The smallest absolute Gasteiger partial charge is 0.243 e. The molecule has 0 saturated carbocycles. The summed E-state index contributed by atoms with van der Waals surface area (Å²) in [5, 5.41) is 15.1. The van der Waals surface area contributed by atoms with E-state index >= 15 is 0 Å². The molecule has 7 nitrogen and oxygen atoms in total.